The molecule has 0 fully saturated rings. The van der Waals surface area contributed by atoms with Crippen LogP contribution in [0.25, 0.3) is 0 Å². The number of hydrogen-bond acceptors (Lipinski definition) is 4. The SMILES string of the molecule is CCC(C)NC(=O)C(Cc1ccccc1)N(Cc1ccc(F)cc1)C(=O)CN(c1ccc(Cl)cc1)S(=O)(=O)c1ccc(C)cc1. The van der Waals surface area contributed by atoms with Crippen molar-refractivity contribution in [2.45, 2.75) is 57.1 Å². The van der Waals surface area contributed by atoms with Gasteiger partial charge < -0.3 is 10.2 Å². The second kappa shape index (κ2) is 15.2. The van der Waals surface area contributed by atoms with E-state index >= 15 is 0 Å². The fourth-order valence-corrected chi connectivity index (χ4v) is 6.30. The van der Waals surface area contributed by atoms with E-state index in [-0.39, 0.29) is 35.5 Å². The molecule has 2 amide bonds. The monoisotopic (exact) mass is 649 g/mol. The van der Waals surface area contributed by atoms with Gasteiger partial charge in [-0.25, -0.2) is 12.8 Å². The number of nitrogens with one attached hydrogen (secondary N) is 1. The van der Waals surface area contributed by atoms with Crippen molar-refractivity contribution in [2.24, 2.45) is 0 Å². The van der Waals surface area contributed by atoms with Crippen LogP contribution in [0.5, 0.6) is 0 Å². The Labute approximate surface area is 269 Å². The summed E-state index contributed by atoms with van der Waals surface area (Å²) in [7, 11) is -4.23. The van der Waals surface area contributed by atoms with Crippen molar-refractivity contribution in [3.63, 3.8) is 0 Å². The molecule has 4 aromatic carbocycles. The Hall–Kier alpha value is -4.21. The summed E-state index contributed by atoms with van der Waals surface area (Å²) in [5, 5.41) is 3.40. The number of rotatable bonds is 13. The number of sulfonamides is 1. The van der Waals surface area contributed by atoms with Gasteiger partial charge in [-0.05, 0) is 79.9 Å². The molecule has 2 atom stereocenters. The quantitative estimate of drug-likeness (QED) is 0.178. The highest BCUT2D eigenvalue weighted by Gasteiger charge is 2.35. The Morgan fingerprint density at radius 3 is 2.09 bits per heavy atom. The van der Waals surface area contributed by atoms with E-state index in [1.807, 2.05) is 51.1 Å². The lowest BCUT2D eigenvalue weighted by atomic mass is 10.0. The minimum absolute atomic E-state index is 0.0104. The number of carbonyl (C=O) groups excluding carboxylic acids is 2. The number of aryl methyl sites for hydroxylation is 1. The topological polar surface area (TPSA) is 86.8 Å². The molecule has 0 radical (unpaired) electrons. The molecule has 0 spiro atoms. The molecule has 0 aliphatic heterocycles. The Morgan fingerprint density at radius 1 is 0.867 bits per heavy atom. The summed E-state index contributed by atoms with van der Waals surface area (Å²) in [5.74, 6) is -1.42. The minimum atomic E-state index is -4.23. The molecule has 1 N–H and O–H groups in total. The fourth-order valence-electron chi connectivity index (χ4n) is 4.76. The lowest BCUT2D eigenvalue weighted by Crippen LogP contribution is -2.54. The highest BCUT2D eigenvalue weighted by molar-refractivity contribution is 7.92. The zero-order valence-electron chi connectivity index (χ0n) is 25.5. The van der Waals surface area contributed by atoms with E-state index in [0.29, 0.717) is 17.0 Å². The molecule has 4 aromatic rings. The van der Waals surface area contributed by atoms with Crippen molar-refractivity contribution in [3.8, 4) is 0 Å². The maximum absolute atomic E-state index is 14.4. The summed E-state index contributed by atoms with van der Waals surface area (Å²) in [5.41, 5.74) is 2.52. The zero-order chi connectivity index (χ0) is 32.6. The van der Waals surface area contributed by atoms with Crippen molar-refractivity contribution in [1.29, 1.82) is 0 Å². The van der Waals surface area contributed by atoms with Crippen LogP contribution in [0.3, 0.4) is 0 Å². The Kier molecular flexibility index (Phi) is 11.4. The largest absolute Gasteiger partial charge is 0.352 e. The first-order valence-corrected chi connectivity index (χ1v) is 16.5. The van der Waals surface area contributed by atoms with E-state index in [2.05, 4.69) is 5.32 Å². The second-order valence-corrected chi connectivity index (χ2v) is 13.3. The summed E-state index contributed by atoms with van der Waals surface area (Å²) >= 11 is 6.12. The third-order valence-corrected chi connectivity index (χ3v) is 9.58. The van der Waals surface area contributed by atoms with Crippen molar-refractivity contribution >= 4 is 39.1 Å². The number of benzene rings is 4. The van der Waals surface area contributed by atoms with Crippen molar-refractivity contribution in [3.05, 3.63) is 131 Å². The van der Waals surface area contributed by atoms with Crippen LogP contribution in [0.2, 0.25) is 5.02 Å². The van der Waals surface area contributed by atoms with Gasteiger partial charge in [-0.1, -0.05) is 78.7 Å². The predicted octanol–water partition coefficient (Wildman–Crippen LogP) is 6.54. The van der Waals surface area contributed by atoms with E-state index < -0.39 is 34.3 Å². The summed E-state index contributed by atoms with van der Waals surface area (Å²) < 4.78 is 43.0. The van der Waals surface area contributed by atoms with Crippen molar-refractivity contribution < 1.29 is 22.4 Å². The Morgan fingerprint density at radius 2 is 1.49 bits per heavy atom. The number of amides is 2. The molecule has 0 aliphatic carbocycles. The van der Waals surface area contributed by atoms with Gasteiger partial charge in [0.25, 0.3) is 10.0 Å². The first kappa shape index (κ1) is 33.7. The molecule has 0 bridgehead atoms. The van der Waals surface area contributed by atoms with Gasteiger partial charge in [-0.3, -0.25) is 13.9 Å². The average Bonchev–Trinajstić information content (AvgIpc) is 3.03. The number of halogens is 2. The number of carbonyl (C=O) groups is 2. The van der Waals surface area contributed by atoms with Gasteiger partial charge in [0.05, 0.1) is 10.6 Å². The molecule has 45 heavy (non-hydrogen) atoms. The Bertz CT molecular complexity index is 1680. The molecular weight excluding hydrogens is 613 g/mol. The molecule has 0 heterocycles. The van der Waals surface area contributed by atoms with Gasteiger partial charge in [0, 0.05) is 24.0 Å². The van der Waals surface area contributed by atoms with Crippen LogP contribution < -0.4 is 9.62 Å². The van der Waals surface area contributed by atoms with Gasteiger partial charge in [0.2, 0.25) is 11.8 Å². The molecule has 0 aromatic heterocycles. The first-order valence-electron chi connectivity index (χ1n) is 14.7. The number of hydrogen-bond donors (Lipinski definition) is 1. The first-order chi connectivity index (χ1) is 21.5. The van der Waals surface area contributed by atoms with E-state index in [4.69, 9.17) is 11.6 Å². The van der Waals surface area contributed by atoms with Crippen molar-refractivity contribution in [1.82, 2.24) is 10.2 Å². The molecule has 4 rings (SSSR count). The molecule has 0 aliphatic rings. The predicted molar refractivity (Wildman–Crippen MR) is 176 cm³/mol. The lowest BCUT2D eigenvalue weighted by Gasteiger charge is -2.34. The van der Waals surface area contributed by atoms with Gasteiger partial charge in [0.1, 0.15) is 18.4 Å². The minimum Gasteiger partial charge on any atom is -0.352 e. The van der Waals surface area contributed by atoms with Gasteiger partial charge in [0.15, 0.2) is 0 Å². The summed E-state index contributed by atoms with van der Waals surface area (Å²) in [4.78, 5) is 29.7. The molecule has 0 saturated carbocycles. The highest BCUT2D eigenvalue weighted by Crippen LogP contribution is 2.27. The Balaban J connectivity index is 1.80. The zero-order valence-corrected chi connectivity index (χ0v) is 27.1. The van der Waals surface area contributed by atoms with Crippen LogP contribution in [0, 0.1) is 12.7 Å². The van der Waals surface area contributed by atoms with Crippen LogP contribution in [-0.4, -0.2) is 43.8 Å². The van der Waals surface area contributed by atoms with Gasteiger partial charge in [-0.2, -0.15) is 0 Å². The third kappa shape index (κ3) is 8.93. The van der Waals surface area contributed by atoms with E-state index in [0.717, 1.165) is 15.4 Å². The average molecular weight is 650 g/mol. The lowest BCUT2D eigenvalue weighted by molar-refractivity contribution is -0.140. The van der Waals surface area contributed by atoms with Crippen LogP contribution in [-0.2, 0) is 32.6 Å². The maximum atomic E-state index is 14.4. The van der Waals surface area contributed by atoms with E-state index in [1.54, 1.807) is 36.4 Å². The summed E-state index contributed by atoms with van der Waals surface area (Å²) in [6, 6.07) is 26.3. The van der Waals surface area contributed by atoms with Crippen LogP contribution >= 0.6 is 11.6 Å². The van der Waals surface area contributed by atoms with Crippen LogP contribution in [0.4, 0.5) is 10.1 Å². The molecular formula is C35H37ClFN3O4S. The molecule has 0 saturated heterocycles. The van der Waals surface area contributed by atoms with Crippen LogP contribution in [0.1, 0.15) is 37.0 Å². The normalized spacial score (nSPS) is 12.6. The van der Waals surface area contributed by atoms with Gasteiger partial charge in [-0.15, -0.1) is 0 Å². The summed E-state index contributed by atoms with van der Waals surface area (Å²) in [6.07, 6.45) is 0.858. The number of anilines is 1. The molecule has 7 nitrogen and oxygen atoms in total. The smallest absolute Gasteiger partial charge is 0.264 e. The second-order valence-electron chi connectivity index (χ2n) is 11.0. The third-order valence-electron chi connectivity index (χ3n) is 7.54. The maximum Gasteiger partial charge on any atom is 0.264 e. The molecule has 236 valence electrons. The van der Waals surface area contributed by atoms with Gasteiger partial charge >= 0.3 is 0 Å². The van der Waals surface area contributed by atoms with Crippen LogP contribution in [0.15, 0.2) is 108 Å². The number of nitrogens with zero attached hydrogens (tertiary/aromatic N) is 2. The van der Waals surface area contributed by atoms with Crippen molar-refractivity contribution in [2.75, 3.05) is 10.8 Å². The molecule has 2 unspecified atom stereocenters. The van der Waals surface area contributed by atoms with E-state index in [9.17, 15) is 22.4 Å². The fraction of sp³-hybridized carbons (Fsp3) is 0.257. The molecule has 10 heteroatoms. The highest BCUT2D eigenvalue weighted by atomic mass is 35.5. The van der Waals surface area contributed by atoms with E-state index in [1.165, 1.54) is 41.3 Å². The standard InChI is InChI=1S/C35H37ClFN3O4S/c1-4-26(3)38-35(42)33(22-27-8-6-5-7-9-27)39(23-28-12-16-30(37)17-13-28)34(41)24-40(31-18-14-29(36)15-19-31)45(43,44)32-20-10-25(2)11-21-32/h5-21,26,33H,4,22-24H2,1-3H3,(H,38,42). The summed E-state index contributed by atoms with van der Waals surface area (Å²) in [6.45, 7) is 5.02.